The molecule has 3 nitrogen and oxygen atoms in total. The predicted octanol–water partition coefficient (Wildman–Crippen LogP) is -0.483. The van der Waals surface area contributed by atoms with E-state index in [0.717, 1.165) is 0 Å². The van der Waals surface area contributed by atoms with Gasteiger partial charge in [0.05, 0.1) is 19.3 Å². The minimum Gasteiger partial charge on any atom is -0.391 e. The Kier molecular flexibility index (Phi) is 4.14. The summed E-state index contributed by atoms with van der Waals surface area (Å²) < 4.78 is 4.92. The fraction of sp³-hybridized carbons (Fsp3) is 1.00. The highest BCUT2D eigenvalue weighted by molar-refractivity contribution is 5.85. The molecule has 3 N–H and O–H groups in total. The number of aliphatic hydroxyl groups excluding tert-OH is 1. The van der Waals surface area contributed by atoms with Crippen molar-refractivity contribution in [1.82, 2.24) is 0 Å². The van der Waals surface area contributed by atoms with Crippen molar-refractivity contribution in [3.8, 4) is 0 Å². The van der Waals surface area contributed by atoms with Gasteiger partial charge in [-0.15, -0.1) is 12.4 Å². The van der Waals surface area contributed by atoms with Crippen LogP contribution < -0.4 is 5.73 Å². The molecule has 1 aliphatic rings. The van der Waals surface area contributed by atoms with Gasteiger partial charge in [0.25, 0.3) is 0 Å². The summed E-state index contributed by atoms with van der Waals surface area (Å²) >= 11 is 0. The molecule has 0 amide bonds. The largest absolute Gasteiger partial charge is 0.391 e. The van der Waals surface area contributed by atoms with Gasteiger partial charge in [-0.2, -0.15) is 0 Å². The lowest BCUT2D eigenvalue weighted by Crippen LogP contribution is -2.38. The van der Waals surface area contributed by atoms with Crippen LogP contribution in [0.15, 0.2) is 0 Å². The molecule has 0 aromatic carbocycles. The summed E-state index contributed by atoms with van der Waals surface area (Å²) in [4.78, 5) is 0. The van der Waals surface area contributed by atoms with Crippen LogP contribution in [0.2, 0.25) is 0 Å². The zero-order valence-electron chi connectivity index (χ0n) is 5.12. The van der Waals surface area contributed by atoms with Gasteiger partial charge in [0, 0.05) is 6.04 Å². The first kappa shape index (κ1) is 9.17. The van der Waals surface area contributed by atoms with Crippen molar-refractivity contribution in [3.63, 3.8) is 0 Å². The monoisotopic (exact) mass is 153 g/mol. The van der Waals surface area contributed by atoms with Crippen LogP contribution in [0, 0.1) is 0 Å². The van der Waals surface area contributed by atoms with E-state index in [1.165, 1.54) is 0 Å². The lowest BCUT2D eigenvalue weighted by atomic mass is 10.1. The van der Waals surface area contributed by atoms with Crippen molar-refractivity contribution in [1.29, 1.82) is 0 Å². The van der Waals surface area contributed by atoms with Gasteiger partial charge >= 0.3 is 0 Å². The Hall–Kier alpha value is 0.170. The molecule has 4 heteroatoms. The number of aliphatic hydroxyl groups is 1. The molecule has 1 rings (SSSR count). The summed E-state index contributed by atoms with van der Waals surface area (Å²) in [6.45, 7) is 1.05. The molecule has 1 heterocycles. The summed E-state index contributed by atoms with van der Waals surface area (Å²) in [5.74, 6) is 0. The molecule has 0 aromatic rings. The molecule has 56 valence electrons. The summed E-state index contributed by atoms with van der Waals surface area (Å²) in [7, 11) is 0. The van der Waals surface area contributed by atoms with E-state index in [2.05, 4.69) is 0 Å². The van der Waals surface area contributed by atoms with Crippen molar-refractivity contribution in [3.05, 3.63) is 0 Å². The molecular weight excluding hydrogens is 142 g/mol. The predicted molar refractivity (Wildman–Crippen MR) is 36.7 cm³/mol. The smallest absolute Gasteiger partial charge is 0.0789 e. The quantitative estimate of drug-likeness (QED) is 0.494. The fourth-order valence-corrected chi connectivity index (χ4v) is 0.841. The van der Waals surface area contributed by atoms with Gasteiger partial charge in [-0.25, -0.2) is 0 Å². The van der Waals surface area contributed by atoms with E-state index in [1.807, 2.05) is 0 Å². The van der Waals surface area contributed by atoms with E-state index in [-0.39, 0.29) is 24.6 Å². The standard InChI is InChI=1S/C5H11NO2.ClH/c6-4-1-5(7)3-8-2-4;/h4-5,7H,1-3,6H2;1H. The van der Waals surface area contributed by atoms with Crippen molar-refractivity contribution < 1.29 is 9.84 Å². The second-order valence-corrected chi connectivity index (χ2v) is 2.19. The molecule has 1 aliphatic heterocycles. The number of rotatable bonds is 0. The molecule has 1 fully saturated rings. The third kappa shape index (κ3) is 3.01. The van der Waals surface area contributed by atoms with E-state index in [1.54, 1.807) is 0 Å². The molecule has 2 atom stereocenters. The lowest BCUT2D eigenvalue weighted by Gasteiger charge is -2.22. The van der Waals surface area contributed by atoms with Gasteiger partial charge in [-0.1, -0.05) is 0 Å². The highest BCUT2D eigenvalue weighted by Gasteiger charge is 2.16. The number of hydrogen-bond donors (Lipinski definition) is 2. The average Bonchev–Trinajstić information content (AvgIpc) is 1.64. The normalized spacial score (nSPS) is 35.3. The highest BCUT2D eigenvalue weighted by Crippen LogP contribution is 2.03. The Morgan fingerprint density at radius 2 is 2.11 bits per heavy atom. The topological polar surface area (TPSA) is 55.5 Å². The maximum absolute atomic E-state index is 8.87. The number of nitrogens with two attached hydrogens (primary N) is 1. The minimum absolute atomic E-state index is 0. The SMILES string of the molecule is Cl.NC1COCC(O)C1. The first-order valence-corrected chi connectivity index (χ1v) is 2.80. The molecule has 1 saturated heterocycles. The average molecular weight is 154 g/mol. The van der Waals surface area contributed by atoms with E-state index in [4.69, 9.17) is 15.6 Å². The molecule has 0 radical (unpaired) electrons. The Morgan fingerprint density at radius 3 is 2.44 bits per heavy atom. The third-order valence-corrected chi connectivity index (χ3v) is 1.22. The molecule has 0 aliphatic carbocycles. The highest BCUT2D eigenvalue weighted by atomic mass is 35.5. The molecular formula is C5H12ClNO2. The first-order valence-electron chi connectivity index (χ1n) is 2.80. The van der Waals surface area contributed by atoms with Gasteiger partial charge in [0.15, 0.2) is 0 Å². The molecule has 9 heavy (non-hydrogen) atoms. The lowest BCUT2D eigenvalue weighted by molar-refractivity contribution is -0.0154. The van der Waals surface area contributed by atoms with Gasteiger partial charge < -0.3 is 15.6 Å². The molecule has 0 saturated carbocycles. The maximum Gasteiger partial charge on any atom is 0.0789 e. The van der Waals surface area contributed by atoms with Crippen LogP contribution in [-0.2, 0) is 4.74 Å². The van der Waals surface area contributed by atoms with E-state index in [0.29, 0.717) is 19.6 Å². The van der Waals surface area contributed by atoms with E-state index in [9.17, 15) is 0 Å². The van der Waals surface area contributed by atoms with Crippen molar-refractivity contribution in [2.75, 3.05) is 13.2 Å². The van der Waals surface area contributed by atoms with Crippen molar-refractivity contribution in [2.45, 2.75) is 18.6 Å². The number of halogens is 1. The Morgan fingerprint density at radius 1 is 1.44 bits per heavy atom. The van der Waals surface area contributed by atoms with Crippen molar-refractivity contribution >= 4 is 12.4 Å². The minimum atomic E-state index is -0.334. The van der Waals surface area contributed by atoms with Crippen LogP contribution in [-0.4, -0.2) is 30.5 Å². The Labute approximate surface area is 60.6 Å². The van der Waals surface area contributed by atoms with Crippen LogP contribution in [0.1, 0.15) is 6.42 Å². The van der Waals surface area contributed by atoms with Crippen LogP contribution in [0.5, 0.6) is 0 Å². The zero-order chi connectivity index (χ0) is 5.98. The first-order chi connectivity index (χ1) is 3.79. The van der Waals surface area contributed by atoms with E-state index >= 15 is 0 Å². The van der Waals surface area contributed by atoms with Crippen LogP contribution >= 0.6 is 12.4 Å². The molecule has 0 aromatic heterocycles. The maximum atomic E-state index is 8.87. The Bertz CT molecular complexity index is 73.4. The van der Waals surface area contributed by atoms with Gasteiger partial charge in [-0.05, 0) is 6.42 Å². The van der Waals surface area contributed by atoms with Crippen LogP contribution in [0.3, 0.4) is 0 Å². The molecule has 0 bridgehead atoms. The van der Waals surface area contributed by atoms with Gasteiger partial charge in [0.1, 0.15) is 0 Å². The second-order valence-electron chi connectivity index (χ2n) is 2.19. The molecule has 2 unspecified atom stereocenters. The van der Waals surface area contributed by atoms with Gasteiger partial charge in [-0.3, -0.25) is 0 Å². The summed E-state index contributed by atoms with van der Waals surface area (Å²) in [5, 5.41) is 8.87. The summed E-state index contributed by atoms with van der Waals surface area (Å²) in [6.07, 6.45) is 0.346. The second kappa shape index (κ2) is 4.06. The van der Waals surface area contributed by atoms with E-state index < -0.39 is 0 Å². The number of ether oxygens (including phenoxy) is 1. The van der Waals surface area contributed by atoms with Crippen LogP contribution in [0.25, 0.3) is 0 Å². The van der Waals surface area contributed by atoms with Crippen molar-refractivity contribution in [2.24, 2.45) is 5.73 Å². The van der Waals surface area contributed by atoms with Crippen LogP contribution in [0.4, 0.5) is 0 Å². The summed E-state index contributed by atoms with van der Waals surface area (Å²) in [5.41, 5.74) is 5.44. The van der Waals surface area contributed by atoms with Gasteiger partial charge in [0.2, 0.25) is 0 Å². The third-order valence-electron chi connectivity index (χ3n) is 1.22. The fourth-order valence-electron chi connectivity index (χ4n) is 0.841. The molecule has 0 spiro atoms. The Balaban J connectivity index is 0.000000640. The summed E-state index contributed by atoms with van der Waals surface area (Å²) in [6, 6.07) is 0.0405. The zero-order valence-corrected chi connectivity index (χ0v) is 5.93. The number of hydrogen-bond acceptors (Lipinski definition) is 3.